The van der Waals surface area contributed by atoms with Crippen LogP contribution in [-0.4, -0.2) is 46.0 Å². The zero-order valence-electron chi connectivity index (χ0n) is 20.8. The molecule has 194 valence electrons. The Morgan fingerprint density at radius 3 is 2.70 bits per heavy atom. The van der Waals surface area contributed by atoms with E-state index in [0.29, 0.717) is 36.1 Å². The minimum atomic E-state index is -0.185. The Kier molecular flexibility index (Phi) is 8.31. The van der Waals surface area contributed by atoms with Gasteiger partial charge in [-0.25, -0.2) is 0 Å². The predicted octanol–water partition coefficient (Wildman–Crippen LogP) is 5.41. The Morgan fingerprint density at radius 2 is 1.86 bits per heavy atom. The van der Waals surface area contributed by atoms with Gasteiger partial charge in [-0.1, -0.05) is 64.6 Å². The van der Waals surface area contributed by atoms with E-state index in [4.69, 9.17) is 4.52 Å². The highest BCUT2D eigenvalue weighted by atomic mass is 79.9. The molecule has 2 aromatic carbocycles. The maximum absolute atomic E-state index is 13.2. The van der Waals surface area contributed by atoms with Gasteiger partial charge < -0.3 is 15.2 Å². The van der Waals surface area contributed by atoms with E-state index in [1.54, 1.807) is 12.1 Å². The van der Waals surface area contributed by atoms with Crippen LogP contribution in [-0.2, 0) is 11.3 Å². The third-order valence-corrected chi connectivity index (χ3v) is 7.65. The molecular weight excluding hydrogens is 534 g/mol. The van der Waals surface area contributed by atoms with Gasteiger partial charge >= 0.3 is 0 Å². The smallest absolute Gasteiger partial charge is 0.253 e. The largest absolute Gasteiger partial charge is 0.349 e. The van der Waals surface area contributed by atoms with Crippen LogP contribution in [0.5, 0.6) is 0 Å². The highest BCUT2D eigenvalue weighted by molar-refractivity contribution is 9.10. The third kappa shape index (κ3) is 6.64. The molecule has 1 aliphatic carbocycles. The molecule has 3 aromatic rings. The molecule has 1 aliphatic heterocycles. The summed E-state index contributed by atoms with van der Waals surface area (Å²) in [6, 6.07) is 15.2. The molecule has 2 fully saturated rings. The molecule has 0 spiro atoms. The normalized spacial score (nSPS) is 18.9. The van der Waals surface area contributed by atoms with Crippen LogP contribution in [0.25, 0.3) is 11.4 Å². The van der Waals surface area contributed by atoms with E-state index in [1.807, 2.05) is 36.4 Å². The van der Waals surface area contributed by atoms with Gasteiger partial charge in [0.15, 0.2) is 0 Å². The second-order valence-corrected chi connectivity index (χ2v) is 10.9. The molecule has 5 rings (SSSR count). The number of nitrogens with one attached hydrogen (secondary N) is 2. The van der Waals surface area contributed by atoms with Gasteiger partial charge in [-0.2, -0.15) is 4.98 Å². The fraction of sp³-hybridized carbons (Fsp3) is 0.429. The molecule has 2 N–H and O–H groups in total. The predicted molar refractivity (Wildman–Crippen MR) is 145 cm³/mol. The molecule has 1 saturated carbocycles. The lowest BCUT2D eigenvalue weighted by Crippen LogP contribution is -2.40. The van der Waals surface area contributed by atoms with Crippen molar-refractivity contribution < 1.29 is 14.1 Å². The molecule has 2 aliphatic rings. The van der Waals surface area contributed by atoms with Gasteiger partial charge in [0.1, 0.15) is 0 Å². The Labute approximate surface area is 225 Å². The molecule has 37 heavy (non-hydrogen) atoms. The second-order valence-electron chi connectivity index (χ2n) is 9.94. The average molecular weight is 567 g/mol. The Morgan fingerprint density at radius 1 is 1.03 bits per heavy atom. The topological polar surface area (TPSA) is 100 Å². The van der Waals surface area contributed by atoms with E-state index in [1.165, 1.54) is 6.42 Å². The summed E-state index contributed by atoms with van der Waals surface area (Å²) in [6.07, 6.45) is 7.26. The summed E-state index contributed by atoms with van der Waals surface area (Å²) in [4.78, 5) is 32.9. The number of halogens is 1. The first-order valence-electron chi connectivity index (χ1n) is 13.1. The van der Waals surface area contributed by atoms with Crippen LogP contribution >= 0.6 is 15.9 Å². The highest BCUT2D eigenvalue weighted by Crippen LogP contribution is 2.25. The summed E-state index contributed by atoms with van der Waals surface area (Å²) in [5.41, 5.74) is 1.96. The summed E-state index contributed by atoms with van der Waals surface area (Å²) >= 11 is 3.47. The summed E-state index contributed by atoms with van der Waals surface area (Å²) in [5.74, 6) is 0.704. The van der Waals surface area contributed by atoms with Crippen LogP contribution in [0.15, 0.2) is 57.5 Å². The quantitative estimate of drug-likeness (QED) is 0.397. The van der Waals surface area contributed by atoms with Crippen molar-refractivity contribution in [1.82, 2.24) is 20.4 Å². The SMILES string of the molecule is O=C(NC1CCCCC1)c1ccccc1NC(=O)C1CCCN(Cc2nc(-c3cccc(Br)c3)no2)C1. The molecule has 0 radical (unpaired) electrons. The van der Waals surface area contributed by atoms with Crippen LogP contribution in [0.3, 0.4) is 0 Å². The molecule has 1 atom stereocenters. The standard InChI is InChI=1S/C28H32BrN5O3/c29-21-10-6-8-19(16-21)26-32-25(37-33-26)18-34-15-7-9-20(17-34)27(35)31-24-14-5-4-13-23(24)28(36)30-22-11-2-1-3-12-22/h4-6,8,10,13-14,16,20,22H,1-3,7,9,11-12,15,17-18H2,(H,30,36)(H,31,35). The zero-order chi connectivity index (χ0) is 25.6. The van der Waals surface area contributed by atoms with Crippen molar-refractivity contribution in [3.05, 3.63) is 64.5 Å². The van der Waals surface area contributed by atoms with Crippen molar-refractivity contribution in [3.63, 3.8) is 0 Å². The average Bonchev–Trinajstić information content (AvgIpc) is 3.38. The van der Waals surface area contributed by atoms with Crippen molar-refractivity contribution in [2.45, 2.75) is 57.5 Å². The van der Waals surface area contributed by atoms with E-state index in [9.17, 15) is 9.59 Å². The summed E-state index contributed by atoms with van der Waals surface area (Å²) in [7, 11) is 0. The molecule has 2 amide bonds. The van der Waals surface area contributed by atoms with Gasteiger partial charge in [0.05, 0.1) is 23.7 Å². The number of para-hydroxylation sites is 1. The summed E-state index contributed by atoms with van der Waals surface area (Å²) < 4.78 is 6.45. The van der Waals surface area contributed by atoms with Gasteiger partial charge in [0.25, 0.3) is 5.91 Å². The molecule has 1 saturated heterocycles. The van der Waals surface area contributed by atoms with Crippen LogP contribution in [0.2, 0.25) is 0 Å². The van der Waals surface area contributed by atoms with Gasteiger partial charge in [0.2, 0.25) is 17.6 Å². The van der Waals surface area contributed by atoms with Crippen molar-refractivity contribution in [3.8, 4) is 11.4 Å². The molecule has 2 heterocycles. The molecule has 8 nitrogen and oxygen atoms in total. The Bertz CT molecular complexity index is 1240. The van der Waals surface area contributed by atoms with Crippen LogP contribution < -0.4 is 10.6 Å². The lowest BCUT2D eigenvalue weighted by Gasteiger charge is -2.31. The number of likely N-dealkylation sites (tertiary alicyclic amines) is 1. The van der Waals surface area contributed by atoms with E-state index < -0.39 is 0 Å². The monoisotopic (exact) mass is 565 g/mol. The fourth-order valence-corrected chi connectivity index (χ4v) is 5.60. The number of benzene rings is 2. The first-order chi connectivity index (χ1) is 18.0. The van der Waals surface area contributed by atoms with E-state index >= 15 is 0 Å². The van der Waals surface area contributed by atoms with Crippen molar-refractivity contribution in [2.24, 2.45) is 5.92 Å². The van der Waals surface area contributed by atoms with Gasteiger partial charge in [0, 0.05) is 22.6 Å². The number of nitrogens with zero attached hydrogens (tertiary/aromatic N) is 3. The van der Waals surface area contributed by atoms with E-state index in [2.05, 4.69) is 41.6 Å². The minimum absolute atomic E-state index is 0.0667. The second kappa shape index (κ2) is 12.0. The summed E-state index contributed by atoms with van der Waals surface area (Å²) in [5, 5.41) is 10.3. The first kappa shape index (κ1) is 25.6. The lowest BCUT2D eigenvalue weighted by molar-refractivity contribution is -0.121. The van der Waals surface area contributed by atoms with Gasteiger partial charge in [-0.3, -0.25) is 14.5 Å². The molecule has 1 aromatic heterocycles. The van der Waals surface area contributed by atoms with Gasteiger partial charge in [-0.05, 0) is 56.5 Å². The molecule has 1 unspecified atom stereocenters. The maximum Gasteiger partial charge on any atom is 0.253 e. The van der Waals surface area contributed by atoms with E-state index in [-0.39, 0.29) is 23.8 Å². The number of carbonyl (C=O) groups excluding carboxylic acids is 2. The maximum atomic E-state index is 13.2. The van der Waals surface area contributed by atoms with Crippen LogP contribution in [0.1, 0.15) is 61.2 Å². The molecule has 0 bridgehead atoms. The van der Waals surface area contributed by atoms with Gasteiger partial charge in [-0.15, -0.1) is 0 Å². The van der Waals surface area contributed by atoms with E-state index in [0.717, 1.165) is 55.1 Å². The molecule has 9 heteroatoms. The van der Waals surface area contributed by atoms with Crippen molar-refractivity contribution >= 4 is 33.4 Å². The van der Waals surface area contributed by atoms with Crippen molar-refractivity contribution in [2.75, 3.05) is 18.4 Å². The Hall–Kier alpha value is -3.04. The number of aromatic nitrogens is 2. The highest BCUT2D eigenvalue weighted by Gasteiger charge is 2.28. The number of carbonyl (C=O) groups is 2. The van der Waals surface area contributed by atoms with Crippen molar-refractivity contribution in [1.29, 1.82) is 0 Å². The van der Waals surface area contributed by atoms with Crippen LogP contribution in [0.4, 0.5) is 5.69 Å². The molecular formula is C28H32BrN5O3. The first-order valence-corrected chi connectivity index (χ1v) is 13.9. The number of rotatable bonds is 7. The van der Waals surface area contributed by atoms with Crippen LogP contribution in [0, 0.1) is 5.92 Å². The lowest BCUT2D eigenvalue weighted by atomic mass is 9.95. The number of hydrogen-bond acceptors (Lipinski definition) is 6. The number of amides is 2. The third-order valence-electron chi connectivity index (χ3n) is 7.16. The zero-order valence-corrected chi connectivity index (χ0v) is 22.4. The fourth-order valence-electron chi connectivity index (χ4n) is 5.20. The number of hydrogen-bond donors (Lipinski definition) is 2. The number of anilines is 1. The Balaban J connectivity index is 1.19. The minimum Gasteiger partial charge on any atom is -0.349 e. The summed E-state index contributed by atoms with van der Waals surface area (Å²) in [6.45, 7) is 1.95. The number of piperidine rings is 1.